The Bertz CT molecular complexity index is 120. The molecule has 0 saturated heterocycles. The van der Waals surface area contributed by atoms with E-state index >= 15 is 0 Å². The van der Waals surface area contributed by atoms with Crippen molar-refractivity contribution in [1.82, 2.24) is 0 Å². The summed E-state index contributed by atoms with van der Waals surface area (Å²) < 4.78 is 0. The van der Waals surface area contributed by atoms with Gasteiger partial charge in [0, 0.05) is 10.6 Å². The summed E-state index contributed by atoms with van der Waals surface area (Å²) in [6.45, 7) is 9.79. The van der Waals surface area contributed by atoms with Gasteiger partial charge in [-0.3, -0.25) is 0 Å². The van der Waals surface area contributed by atoms with E-state index in [9.17, 15) is 0 Å². The molecular weight excluding hydrogens is 142 g/mol. The second-order valence-corrected chi connectivity index (χ2v) is 1.90. The molecule has 0 aromatic rings. The molecule has 0 bridgehead atoms. The van der Waals surface area contributed by atoms with Crippen LogP contribution in [0.25, 0.3) is 0 Å². The van der Waals surface area contributed by atoms with Gasteiger partial charge in [-0.05, 0) is 13.8 Å². The van der Waals surface area contributed by atoms with Gasteiger partial charge in [-0.1, -0.05) is 12.2 Å². The van der Waals surface area contributed by atoms with Crippen LogP contribution >= 0.6 is 12.6 Å². The largest absolute Gasteiger partial charge is 0.398 e. The average Bonchev–Trinajstić information content (AvgIpc) is 2.05. The van der Waals surface area contributed by atoms with E-state index in [1.54, 1.807) is 0 Å². The number of hydrogen-bond donors (Lipinski definition) is 2. The molecule has 0 atom stereocenters. The first-order chi connectivity index (χ1) is 4.72. The summed E-state index contributed by atoms with van der Waals surface area (Å²) in [5, 5.41) is 0. The minimum atomic E-state index is 0.732. The monoisotopic (exact) mass is 157 g/mol. The highest BCUT2D eigenvalue weighted by molar-refractivity contribution is 7.84. The van der Waals surface area contributed by atoms with Crippen molar-refractivity contribution in [1.29, 1.82) is 0 Å². The van der Waals surface area contributed by atoms with Crippen LogP contribution in [0.4, 0.5) is 0 Å². The topological polar surface area (TPSA) is 26.0 Å². The number of rotatable bonds is 1. The molecule has 58 valence electrons. The van der Waals surface area contributed by atoms with Crippen molar-refractivity contribution < 1.29 is 0 Å². The molecule has 0 radical (unpaired) electrons. The Hall–Kier alpha value is -0.630. The van der Waals surface area contributed by atoms with Gasteiger partial charge in [0.15, 0.2) is 0 Å². The van der Waals surface area contributed by atoms with Gasteiger partial charge in [-0.15, -0.1) is 25.8 Å². The van der Waals surface area contributed by atoms with Gasteiger partial charge in [0.1, 0.15) is 0 Å². The fraction of sp³-hybridized carbons (Fsp3) is 0.250. The van der Waals surface area contributed by atoms with Gasteiger partial charge in [-0.2, -0.15) is 0 Å². The van der Waals surface area contributed by atoms with Crippen LogP contribution in [0.15, 0.2) is 35.9 Å². The van der Waals surface area contributed by atoms with Crippen LogP contribution in [-0.4, -0.2) is 0 Å². The summed E-state index contributed by atoms with van der Waals surface area (Å²) in [6, 6.07) is 0. The summed E-state index contributed by atoms with van der Waals surface area (Å²) in [7, 11) is 0. The lowest BCUT2D eigenvalue weighted by Crippen LogP contribution is -1.94. The Morgan fingerprint density at radius 2 is 1.70 bits per heavy atom. The highest BCUT2D eigenvalue weighted by Crippen LogP contribution is 2.06. The maximum atomic E-state index is 5.44. The molecule has 0 rings (SSSR count). The Morgan fingerprint density at radius 1 is 1.30 bits per heavy atom. The minimum absolute atomic E-state index is 0.732. The smallest absolute Gasteiger partial charge is 0.0402 e. The molecule has 0 spiro atoms. The quantitative estimate of drug-likeness (QED) is 0.341. The second kappa shape index (κ2) is 8.37. The van der Waals surface area contributed by atoms with Gasteiger partial charge in [0.05, 0.1) is 0 Å². The van der Waals surface area contributed by atoms with E-state index < -0.39 is 0 Å². The summed E-state index contributed by atoms with van der Waals surface area (Å²) in [5.41, 5.74) is 6.18. The lowest BCUT2D eigenvalue weighted by molar-refractivity contribution is 1.37. The molecule has 0 fully saturated rings. The molecule has 10 heavy (non-hydrogen) atoms. The molecule has 0 aromatic heterocycles. The van der Waals surface area contributed by atoms with Crippen molar-refractivity contribution in [3.8, 4) is 0 Å². The highest BCUT2D eigenvalue weighted by Gasteiger charge is 1.86. The fourth-order valence-corrected chi connectivity index (χ4v) is 0.444. The van der Waals surface area contributed by atoms with Crippen molar-refractivity contribution in [2.75, 3.05) is 0 Å². The van der Waals surface area contributed by atoms with Gasteiger partial charge in [-0.25, -0.2) is 0 Å². The molecule has 0 aliphatic heterocycles. The van der Waals surface area contributed by atoms with E-state index in [0.29, 0.717) is 0 Å². The van der Waals surface area contributed by atoms with Gasteiger partial charge >= 0.3 is 0 Å². The Balaban J connectivity index is 0. The number of hydrogen-bond acceptors (Lipinski definition) is 2. The maximum absolute atomic E-state index is 5.44. The molecule has 0 amide bonds. The molecule has 0 aromatic carbocycles. The minimum Gasteiger partial charge on any atom is -0.398 e. The molecule has 1 nitrogen and oxygen atoms in total. The molecule has 0 aliphatic carbocycles. The van der Waals surface area contributed by atoms with Crippen LogP contribution in [0.5, 0.6) is 0 Å². The Kier molecular flexibility index (Phi) is 10.1. The van der Waals surface area contributed by atoms with E-state index in [2.05, 4.69) is 25.8 Å². The first kappa shape index (κ1) is 12.1. The fourth-order valence-electron chi connectivity index (χ4n) is 0.315. The van der Waals surface area contributed by atoms with Gasteiger partial charge < -0.3 is 5.73 Å². The summed E-state index contributed by atoms with van der Waals surface area (Å²) in [5.74, 6) is 0. The molecule has 0 heterocycles. The van der Waals surface area contributed by atoms with Gasteiger partial charge in [0.2, 0.25) is 0 Å². The average molecular weight is 157 g/mol. The molecule has 0 saturated carbocycles. The SMILES string of the molecule is C/C=C(N)\C(S)=C/C.C=C. The third-order valence-electron chi connectivity index (χ3n) is 0.880. The van der Waals surface area contributed by atoms with Crippen LogP contribution in [-0.2, 0) is 0 Å². The van der Waals surface area contributed by atoms with Crippen LogP contribution in [0, 0.1) is 0 Å². The standard InChI is InChI=1S/C6H11NS.C2H4/c1-3-5(7)6(8)4-2;1-2/h3-4,8H,7H2,1-2H3;1-2H2/b5-3+,6-4+;. The zero-order valence-corrected chi connectivity index (χ0v) is 7.49. The Labute approximate surface area is 68.7 Å². The van der Waals surface area contributed by atoms with Crippen LogP contribution in [0.1, 0.15) is 13.8 Å². The lowest BCUT2D eigenvalue weighted by Gasteiger charge is -1.94. The van der Waals surface area contributed by atoms with Crippen molar-refractivity contribution in [3.05, 3.63) is 35.9 Å². The zero-order valence-electron chi connectivity index (χ0n) is 6.59. The molecule has 2 N–H and O–H groups in total. The van der Waals surface area contributed by atoms with Crippen LogP contribution in [0.2, 0.25) is 0 Å². The van der Waals surface area contributed by atoms with Crippen LogP contribution in [0.3, 0.4) is 0 Å². The third kappa shape index (κ3) is 5.51. The van der Waals surface area contributed by atoms with Gasteiger partial charge in [0.25, 0.3) is 0 Å². The lowest BCUT2D eigenvalue weighted by atomic mass is 10.4. The number of thiol groups is 1. The molecular formula is C8H15NS. The van der Waals surface area contributed by atoms with Crippen molar-refractivity contribution in [2.24, 2.45) is 5.73 Å². The Morgan fingerprint density at radius 3 is 1.80 bits per heavy atom. The van der Waals surface area contributed by atoms with E-state index in [-0.39, 0.29) is 0 Å². The van der Waals surface area contributed by atoms with Crippen molar-refractivity contribution in [2.45, 2.75) is 13.8 Å². The predicted molar refractivity (Wildman–Crippen MR) is 51.9 cm³/mol. The molecule has 0 aliphatic rings. The summed E-state index contributed by atoms with van der Waals surface area (Å²) >= 11 is 4.07. The normalized spacial score (nSPS) is 11.9. The van der Waals surface area contributed by atoms with Crippen molar-refractivity contribution in [3.63, 3.8) is 0 Å². The third-order valence-corrected chi connectivity index (χ3v) is 1.40. The zero-order chi connectivity index (χ0) is 8.57. The highest BCUT2D eigenvalue weighted by atomic mass is 32.1. The van der Waals surface area contributed by atoms with E-state index in [4.69, 9.17) is 5.73 Å². The second-order valence-electron chi connectivity index (χ2n) is 1.42. The van der Waals surface area contributed by atoms with E-state index in [0.717, 1.165) is 10.6 Å². The molecule has 0 unspecified atom stereocenters. The molecule has 2 heteroatoms. The van der Waals surface area contributed by atoms with E-state index in [1.165, 1.54) is 0 Å². The first-order valence-electron chi connectivity index (χ1n) is 2.99. The van der Waals surface area contributed by atoms with Crippen LogP contribution < -0.4 is 5.73 Å². The summed E-state index contributed by atoms with van der Waals surface area (Å²) in [6.07, 6.45) is 3.68. The van der Waals surface area contributed by atoms with E-state index in [1.807, 2.05) is 26.0 Å². The van der Waals surface area contributed by atoms with Crippen molar-refractivity contribution >= 4 is 12.6 Å². The predicted octanol–water partition coefficient (Wildman–Crippen LogP) is 2.48. The first-order valence-corrected chi connectivity index (χ1v) is 3.44. The maximum Gasteiger partial charge on any atom is 0.0402 e. The number of nitrogens with two attached hydrogens (primary N) is 1. The summed E-state index contributed by atoms with van der Waals surface area (Å²) in [4.78, 5) is 0.840. The number of allylic oxidation sites excluding steroid dienone is 2.